The standard InChI is InChI=1S/C10H12N2O3S/c1-7-4-8(13)12(6-11-7)10(9(14)15)2-3-16-5-10/h4,6H,2-3,5H2,1H3,(H,14,15). The first-order valence-corrected chi connectivity index (χ1v) is 6.09. The Morgan fingerprint density at radius 3 is 2.94 bits per heavy atom. The van der Waals surface area contributed by atoms with Crippen molar-refractivity contribution in [3.8, 4) is 0 Å². The zero-order valence-electron chi connectivity index (χ0n) is 8.84. The van der Waals surface area contributed by atoms with E-state index in [1.54, 1.807) is 18.7 Å². The number of carbonyl (C=O) groups is 1. The van der Waals surface area contributed by atoms with Crippen LogP contribution in [0.25, 0.3) is 0 Å². The van der Waals surface area contributed by atoms with E-state index in [1.807, 2.05) is 0 Å². The maximum atomic E-state index is 11.8. The maximum Gasteiger partial charge on any atom is 0.330 e. The van der Waals surface area contributed by atoms with Gasteiger partial charge in [0.25, 0.3) is 5.56 Å². The van der Waals surface area contributed by atoms with E-state index in [2.05, 4.69) is 4.98 Å². The summed E-state index contributed by atoms with van der Waals surface area (Å²) in [6, 6.07) is 1.37. The fourth-order valence-corrected chi connectivity index (χ4v) is 3.20. The van der Waals surface area contributed by atoms with Gasteiger partial charge in [0.1, 0.15) is 0 Å². The van der Waals surface area contributed by atoms with Crippen molar-refractivity contribution in [2.24, 2.45) is 0 Å². The molecule has 2 rings (SSSR count). The van der Waals surface area contributed by atoms with Gasteiger partial charge in [-0.2, -0.15) is 11.8 Å². The van der Waals surface area contributed by atoms with E-state index >= 15 is 0 Å². The number of hydrogen-bond donors (Lipinski definition) is 1. The summed E-state index contributed by atoms with van der Waals surface area (Å²) in [6.07, 6.45) is 1.81. The van der Waals surface area contributed by atoms with Crippen LogP contribution in [0.2, 0.25) is 0 Å². The molecule has 0 spiro atoms. The number of aromatic nitrogens is 2. The van der Waals surface area contributed by atoms with Crippen LogP contribution in [0.4, 0.5) is 0 Å². The van der Waals surface area contributed by atoms with Crippen LogP contribution in [0, 0.1) is 6.92 Å². The molecule has 1 atom stereocenters. The van der Waals surface area contributed by atoms with Crippen LogP contribution in [-0.4, -0.2) is 32.1 Å². The smallest absolute Gasteiger partial charge is 0.330 e. The van der Waals surface area contributed by atoms with Crippen LogP contribution in [0.1, 0.15) is 12.1 Å². The van der Waals surface area contributed by atoms with Crippen molar-refractivity contribution in [1.29, 1.82) is 0 Å². The maximum absolute atomic E-state index is 11.8. The normalized spacial score (nSPS) is 24.6. The van der Waals surface area contributed by atoms with Crippen molar-refractivity contribution >= 4 is 17.7 Å². The average Bonchev–Trinajstić information content (AvgIpc) is 2.67. The van der Waals surface area contributed by atoms with E-state index < -0.39 is 11.5 Å². The molecule has 1 unspecified atom stereocenters. The minimum atomic E-state index is -1.11. The quantitative estimate of drug-likeness (QED) is 0.813. The van der Waals surface area contributed by atoms with Crippen molar-refractivity contribution in [3.63, 3.8) is 0 Å². The first-order chi connectivity index (χ1) is 7.56. The summed E-state index contributed by atoms with van der Waals surface area (Å²) in [5, 5.41) is 9.31. The molecule has 16 heavy (non-hydrogen) atoms. The number of thioether (sulfide) groups is 1. The summed E-state index contributed by atoms with van der Waals surface area (Å²) in [4.78, 5) is 27.1. The highest BCUT2D eigenvalue weighted by Crippen LogP contribution is 2.33. The average molecular weight is 240 g/mol. The summed E-state index contributed by atoms with van der Waals surface area (Å²) >= 11 is 1.55. The SMILES string of the molecule is Cc1cc(=O)n(C2(C(=O)O)CCSC2)cn1. The van der Waals surface area contributed by atoms with Crippen molar-refractivity contribution in [2.75, 3.05) is 11.5 Å². The van der Waals surface area contributed by atoms with E-state index in [1.165, 1.54) is 17.0 Å². The summed E-state index contributed by atoms with van der Waals surface area (Å²) < 4.78 is 1.25. The number of carboxylic acids is 1. The summed E-state index contributed by atoms with van der Waals surface area (Å²) in [5.41, 5.74) is -0.799. The molecule has 2 heterocycles. The van der Waals surface area contributed by atoms with Gasteiger partial charge >= 0.3 is 5.97 Å². The highest BCUT2D eigenvalue weighted by Gasteiger charge is 2.44. The highest BCUT2D eigenvalue weighted by molar-refractivity contribution is 7.99. The molecule has 1 aromatic rings. The third-order valence-electron chi connectivity index (χ3n) is 2.81. The van der Waals surface area contributed by atoms with Crippen molar-refractivity contribution in [1.82, 2.24) is 9.55 Å². The topological polar surface area (TPSA) is 72.2 Å². The van der Waals surface area contributed by atoms with Crippen LogP contribution in [0.15, 0.2) is 17.2 Å². The molecule has 1 N–H and O–H groups in total. The van der Waals surface area contributed by atoms with Gasteiger partial charge in [-0.05, 0) is 19.1 Å². The van der Waals surface area contributed by atoms with Crippen LogP contribution in [0.5, 0.6) is 0 Å². The molecule has 0 bridgehead atoms. The third kappa shape index (κ3) is 1.63. The molecule has 6 heteroatoms. The lowest BCUT2D eigenvalue weighted by atomic mass is 9.99. The molecule has 1 saturated heterocycles. The molecule has 0 amide bonds. The largest absolute Gasteiger partial charge is 0.479 e. The molecule has 0 aromatic carbocycles. The second kappa shape index (κ2) is 3.93. The van der Waals surface area contributed by atoms with Crippen LogP contribution < -0.4 is 5.56 Å². The van der Waals surface area contributed by atoms with E-state index in [0.29, 0.717) is 17.9 Å². The van der Waals surface area contributed by atoms with Crippen LogP contribution in [0.3, 0.4) is 0 Å². The van der Waals surface area contributed by atoms with Crippen molar-refractivity contribution < 1.29 is 9.90 Å². The van der Waals surface area contributed by atoms with Gasteiger partial charge in [0.05, 0.1) is 6.33 Å². The Morgan fingerprint density at radius 1 is 1.69 bits per heavy atom. The van der Waals surface area contributed by atoms with Gasteiger partial charge in [0, 0.05) is 17.5 Å². The molecule has 1 aliphatic heterocycles. The predicted molar refractivity (Wildman–Crippen MR) is 60.8 cm³/mol. The predicted octanol–water partition coefficient (Wildman–Crippen LogP) is 0.469. The summed E-state index contributed by atoms with van der Waals surface area (Å²) in [7, 11) is 0. The van der Waals surface area contributed by atoms with Crippen LogP contribution in [-0.2, 0) is 10.3 Å². The number of nitrogens with zero attached hydrogens (tertiary/aromatic N) is 2. The Bertz CT molecular complexity index is 477. The number of rotatable bonds is 2. The molecule has 86 valence electrons. The second-order valence-electron chi connectivity index (χ2n) is 3.88. The first kappa shape index (κ1) is 11.2. The van der Waals surface area contributed by atoms with Gasteiger partial charge < -0.3 is 5.11 Å². The third-order valence-corrected chi connectivity index (χ3v) is 3.98. The molecule has 0 radical (unpaired) electrons. The fourth-order valence-electron chi connectivity index (χ4n) is 1.83. The number of aliphatic carboxylic acids is 1. The zero-order valence-corrected chi connectivity index (χ0v) is 9.66. The molecule has 5 nitrogen and oxygen atoms in total. The van der Waals surface area contributed by atoms with Gasteiger partial charge in [0.15, 0.2) is 5.54 Å². The van der Waals surface area contributed by atoms with Gasteiger partial charge in [-0.3, -0.25) is 9.36 Å². The molecular formula is C10H12N2O3S. The van der Waals surface area contributed by atoms with Gasteiger partial charge in [-0.25, -0.2) is 9.78 Å². The fraction of sp³-hybridized carbons (Fsp3) is 0.500. The zero-order chi connectivity index (χ0) is 11.8. The Kier molecular flexibility index (Phi) is 2.75. The Labute approximate surface area is 96.5 Å². The van der Waals surface area contributed by atoms with E-state index in [-0.39, 0.29) is 5.56 Å². The minimum Gasteiger partial charge on any atom is -0.479 e. The minimum absolute atomic E-state index is 0.294. The van der Waals surface area contributed by atoms with E-state index in [9.17, 15) is 14.7 Å². The lowest BCUT2D eigenvalue weighted by Gasteiger charge is -2.25. The van der Waals surface area contributed by atoms with Gasteiger partial charge in [-0.15, -0.1) is 0 Å². The Morgan fingerprint density at radius 2 is 2.44 bits per heavy atom. The van der Waals surface area contributed by atoms with Crippen molar-refractivity contribution in [3.05, 3.63) is 28.4 Å². The van der Waals surface area contributed by atoms with E-state index in [4.69, 9.17) is 0 Å². The summed E-state index contributed by atoms with van der Waals surface area (Å²) in [5.74, 6) is 0.227. The molecule has 1 fully saturated rings. The number of aryl methyl sites for hydroxylation is 1. The highest BCUT2D eigenvalue weighted by atomic mass is 32.2. The van der Waals surface area contributed by atoms with Gasteiger partial charge in [0.2, 0.25) is 0 Å². The molecule has 0 saturated carbocycles. The van der Waals surface area contributed by atoms with Gasteiger partial charge in [-0.1, -0.05) is 0 Å². The number of hydrogen-bond acceptors (Lipinski definition) is 4. The molecule has 1 aromatic heterocycles. The molecule has 0 aliphatic carbocycles. The molecular weight excluding hydrogens is 228 g/mol. The monoisotopic (exact) mass is 240 g/mol. The first-order valence-electron chi connectivity index (χ1n) is 4.93. The lowest BCUT2D eigenvalue weighted by molar-refractivity contribution is -0.146. The number of carboxylic acid groups (broad SMARTS) is 1. The lowest BCUT2D eigenvalue weighted by Crippen LogP contribution is -2.47. The Balaban J connectivity index is 2.56. The Hall–Kier alpha value is -1.30. The van der Waals surface area contributed by atoms with Crippen LogP contribution >= 0.6 is 11.8 Å². The second-order valence-corrected chi connectivity index (χ2v) is 4.98. The summed E-state index contributed by atoms with van der Waals surface area (Å²) in [6.45, 7) is 1.71. The van der Waals surface area contributed by atoms with Crippen molar-refractivity contribution in [2.45, 2.75) is 18.9 Å². The molecule has 1 aliphatic rings. The van der Waals surface area contributed by atoms with E-state index in [0.717, 1.165) is 5.75 Å².